The van der Waals surface area contributed by atoms with Crippen LogP contribution in [0.3, 0.4) is 0 Å². The van der Waals surface area contributed by atoms with Gasteiger partial charge in [0.2, 0.25) is 11.8 Å². The zero-order valence-corrected chi connectivity index (χ0v) is 24.0. The smallest absolute Gasteiger partial charge is 0.248 e. The van der Waals surface area contributed by atoms with Gasteiger partial charge in [-0.05, 0) is 32.7 Å². The Balaban J connectivity index is 2.11. The Labute approximate surface area is 226 Å². The van der Waals surface area contributed by atoms with Crippen molar-refractivity contribution in [3.05, 3.63) is 0 Å². The molecule has 0 heterocycles. The monoisotopic (exact) mass is 545 g/mol. The first-order valence-electron chi connectivity index (χ1n) is 13.2. The highest BCUT2D eigenvalue weighted by Gasteiger charge is 2.25. The molecule has 10 nitrogen and oxygen atoms in total. The molecule has 1 atom stereocenters. The van der Waals surface area contributed by atoms with E-state index in [4.69, 9.17) is 14.2 Å². The number of carbonyl (C=O) groups is 4. The quantitative estimate of drug-likeness (QED) is 0.121. The molecule has 1 fully saturated rings. The van der Waals surface area contributed by atoms with Gasteiger partial charge in [0.25, 0.3) is 0 Å². The van der Waals surface area contributed by atoms with Crippen molar-refractivity contribution in [2.45, 2.75) is 50.7 Å². The fourth-order valence-corrected chi connectivity index (χ4v) is 5.05. The molecular formula is C26H47N3O7S. The number of hydrogen-bond donors (Lipinski definition) is 0. The summed E-state index contributed by atoms with van der Waals surface area (Å²) in [5.41, 5.74) is 0. The summed E-state index contributed by atoms with van der Waals surface area (Å²) >= 11 is 1.48. The van der Waals surface area contributed by atoms with Crippen molar-refractivity contribution in [1.82, 2.24) is 14.7 Å². The van der Waals surface area contributed by atoms with E-state index in [0.717, 1.165) is 12.8 Å². The lowest BCUT2D eigenvalue weighted by Gasteiger charge is -2.29. The van der Waals surface area contributed by atoms with Crippen LogP contribution in [0.4, 0.5) is 0 Å². The maximum atomic E-state index is 12.8. The van der Waals surface area contributed by atoms with Gasteiger partial charge in [-0.2, -0.15) is 0 Å². The number of aldehydes is 1. The summed E-state index contributed by atoms with van der Waals surface area (Å²) in [5.74, 6) is 0.964. The molecule has 0 saturated heterocycles. The largest absolute Gasteiger partial charge is 0.378 e. The molecule has 0 aromatic rings. The maximum absolute atomic E-state index is 12.8. The van der Waals surface area contributed by atoms with Crippen LogP contribution in [0.25, 0.3) is 0 Å². The summed E-state index contributed by atoms with van der Waals surface area (Å²) in [6, 6.07) is 0. The number of ether oxygens (including phenoxy) is 3. The molecule has 1 aliphatic carbocycles. The topological polar surface area (TPSA) is 106 Å². The van der Waals surface area contributed by atoms with E-state index in [1.54, 1.807) is 16.8 Å². The Morgan fingerprint density at radius 3 is 2.30 bits per heavy atom. The van der Waals surface area contributed by atoms with E-state index in [2.05, 4.69) is 0 Å². The number of rotatable bonds is 21. The molecule has 37 heavy (non-hydrogen) atoms. The van der Waals surface area contributed by atoms with Crippen LogP contribution in [0.2, 0.25) is 0 Å². The van der Waals surface area contributed by atoms with Crippen molar-refractivity contribution in [2.75, 3.05) is 86.3 Å². The number of nitrogens with zero attached hydrogens (tertiary/aromatic N) is 3. The third kappa shape index (κ3) is 16.1. The molecule has 0 N–H and O–H groups in total. The van der Waals surface area contributed by atoms with Gasteiger partial charge in [-0.1, -0.05) is 19.3 Å². The fraction of sp³-hybridized carbons (Fsp3) is 0.846. The molecule has 1 aliphatic rings. The SMILES string of the molecule is CC(=O)COCC(=O)N(C)CCN(C)COCCOCCSC(CC=O)C(=O)N(C)CC1CCCCC1. The van der Waals surface area contributed by atoms with Crippen LogP contribution in [0.15, 0.2) is 0 Å². The predicted molar refractivity (Wildman–Crippen MR) is 145 cm³/mol. The molecule has 0 aliphatic heterocycles. The van der Waals surface area contributed by atoms with Crippen LogP contribution >= 0.6 is 11.8 Å². The fourth-order valence-electron chi connectivity index (χ4n) is 4.01. The Morgan fingerprint density at radius 2 is 1.62 bits per heavy atom. The lowest BCUT2D eigenvalue weighted by atomic mass is 9.89. The minimum absolute atomic E-state index is 0.0324. The average molecular weight is 546 g/mol. The van der Waals surface area contributed by atoms with Crippen LogP contribution in [0, 0.1) is 5.92 Å². The second-order valence-electron chi connectivity index (χ2n) is 9.72. The zero-order chi connectivity index (χ0) is 27.5. The third-order valence-electron chi connectivity index (χ3n) is 6.22. The van der Waals surface area contributed by atoms with Crippen LogP contribution < -0.4 is 0 Å². The summed E-state index contributed by atoms with van der Waals surface area (Å²) in [6.07, 6.45) is 7.20. The summed E-state index contributed by atoms with van der Waals surface area (Å²) in [6.45, 7) is 4.95. The molecule has 0 aromatic carbocycles. The summed E-state index contributed by atoms with van der Waals surface area (Å²) in [7, 11) is 5.45. The molecule has 0 radical (unpaired) electrons. The van der Waals surface area contributed by atoms with Gasteiger partial charge in [0.15, 0.2) is 5.78 Å². The van der Waals surface area contributed by atoms with Crippen molar-refractivity contribution in [2.24, 2.45) is 5.92 Å². The van der Waals surface area contributed by atoms with Crippen molar-refractivity contribution >= 4 is 35.6 Å². The highest BCUT2D eigenvalue weighted by Crippen LogP contribution is 2.25. The molecule has 1 unspecified atom stereocenters. The minimum atomic E-state index is -0.356. The molecule has 0 spiro atoms. The van der Waals surface area contributed by atoms with Gasteiger partial charge in [-0.3, -0.25) is 19.3 Å². The second-order valence-corrected chi connectivity index (χ2v) is 11.0. The van der Waals surface area contributed by atoms with E-state index >= 15 is 0 Å². The molecular weight excluding hydrogens is 498 g/mol. The predicted octanol–water partition coefficient (Wildman–Crippen LogP) is 1.70. The Hall–Kier alpha value is -1.53. The van der Waals surface area contributed by atoms with Gasteiger partial charge < -0.3 is 28.8 Å². The standard InChI is InChI=1S/C26H47N3O7S/c1-22(31)19-36-20-25(32)28(3)12-11-27(2)21-35-15-14-34-16-17-37-24(10-13-30)26(33)29(4)18-23-8-6-5-7-9-23/h13,23-24H,5-12,14-21H2,1-4H3. The Morgan fingerprint density at radius 1 is 0.919 bits per heavy atom. The van der Waals surface area contributed by atoms with Gasteiger partial charge in [-0.15, -0.1) is 11.8 Å². The lowest BCUT2D eigenvalue weighted by molar-refractivity contribution is -0.136. The number of amides is 2. The van der Waals surface area contributed by atoms with Gasteiger partial charge in [0, 0.05) is 45.9 Å². The molecule has 11 heteroatoms. The van der Waals surface area contributed by atoms with Gasteiger partial charge in [0.05, 0.1) is 31.8 Å². The normalized spacial score (nSPS) is 14.9. The van der Waals surface area contributed by atoms with E-state index in [9.17, 15) is 19.2 Å². The zero-order valence-electron chi connectivity index (χ0n) is 23.2. The summed E-state index contributed by atoms with van der Waals surface area (Å²) in [5, 5.41) is -0.356. The molecule has 0 bridgehead atoms. The van der Waals surface area contributed by atoms with Crippen molar-refractivity contribution in [3.8, 4) is 0 Å². The van der Waals surface area contributed by atoms with Crippen LogP contribution in [0.5, 0.6) is 0 Å². The number of thioether (sulfide) groups is 1. The van der Waals surface area contributed by atoms with Crippen LogP contribution in [-0.4, -0.2) is 130 Å². The number of ketones is 1. The summed E-state index contributed by atoms with van der Waals surface area (Å²) < 4.78 is 16.3. The van der Waals surface area contributed by atoms with E-state index in [0.29, 0.717) is 51.3 Å². The van der Waals surface area contributed by atoms with Crippen LogP contribution in [-0.2, 0) is 33.4 Å². The number of hydrogen-bond acceptors (Lipinski definition) is 9. The highest BCUT2D eigenvalue weighted by molar-refractivity contribution is 8.00. The number of carbonyl (C=O) groups excluding carboxylic acids is 4. The maximum Gasteiger partial charge on any atom is 0.248 e. The number of Topliss-reactive ketones (excluding diaryl/α,β-unsaturated/α-hetero) is 1. The van der Waals surface area contributed by atoms with E-state index < -0.39 is 0 Å². The van der Waals surface area contributed by atoms with Gasteiger partial charge in [-0.25, -0.2) is 0 Å². The molecule has 2 amide bonds. The van der Waals surface area contributed by atoms with Crippen molar-refractivity contribution < 1.29 is 33.4 Å². The molecule has 1 saturated carbocycles. The highest BCUT2D eigenvalue weighted by atomic mass is 32.2. The lowest BCUT2D eigenvalue weighted by Crippen LogP contribution is -2.38. The van der Waals surface area contributed by atoms with E-state index in [-0.39, 0.29) is 42.5 Å². The first-order chi connectivity index (χ1) is 17.7. The molecule has 1 rings (SSSR count). The summed E-state index contributed by atoms with van der Waals surface area (Å²) in [4.78, 5) is 52.0. The third-order valence-corrected chi connectivity index (χ3v) is 7.42. The number of likely N-dealkylation sites (N-methyl/N-ethyl adjacent to an activating group) is 2. The van der Waals surface area contributed by atoms with Gasteiger partial charge in [0.1, 0.15) is 19.5 Å². The minimum Gasteiger partial charge on any atom is -0.378 e. The first-order valence-corrected chi connectivity index (χ1v) is 14.2. The van der Waals surface area contributed by atoms with Crippen molar-refractivity contribution in [1.29, 1.82) is 0 Å². The molecule has 0 aromatic heterocycles. The van der Waals surface area contributed by atoms with Gasteiger partial charge >= 0.3 is 0 Å². The van der Waals surface area contributed by atoms with Crippen molar-refractivity contribution in [3.63, 3.8) is 0 Å². The average Bonchev–Trinajstić information content (AvgIpc) is 2.87. The van der Waals surface area contributed by atoms with E-state index in [1.807, 2.05) is 19.0 Å². The van der Waals surface area contributed by atoms with E-state index in [1.165, 1.54) is 50.8 Å². The second kappa shape index (κ2) is 20.4. The Bertz CT molecular complexity index is 677. The first kappa shape index (κ1) is 33.5. The molecule has 214 valence electrons. The van der Waals surface area contributed by atoms with Crippen LogP contribution in [0.1, 0.15) is 45.4 Å². The Kier molecular flexibility index (Phi) is 18.5.